The molecule has 0 bridgehead atoms. The molecule has 2 aliphatic rings. The third kappa shape index (κ3) is 2.69. The molecule has 0 saturated carbocycles. The van der Waals surface area contributed by atoms with Gasteiger partial charge in [-0.15, -0.1) is 11.3 Å². The lowest BCUT2D eigenvalue weighted by molar-refractivity contribution is 0.0970. The fourth-order valence-electron chi connectivity index (χ4n) is 4.84. The normalized spacial score (nSPS) is 14.4. The molecular weight excluding hydrogens is 392 g/mol. The van der Waals surface area contributed by atoms with Gasteiger partial charge in [0.1, 0.15) is 4.83 Å². The van der Waals surface area contributed by atoms with Crippen LogP contribution in [0.25, 0.3) is 21.3 Å². The summed E-state index contributed by atoms with van der Waals surface area (Å²) in [6.45, 7) is 0.0207. The minimum Gasteiger partial charge on any atom is -0.292 e. The lowest BCUT2D eigenvalue weighted by atomic mass is 9.97. The summed E-state index contributed by atoms with van der Waals surface area (Å²) in [5, 5.41) is 0.730. The van der Waals surface area contributed by atoms with Gasteiger partial charge in [0.2, 0.25) is 0 Å². The predicted molar refractivity (Wildman–Crippen MR) is 120 cm³/mol. The zero-order valence-corrected chi connectivity index (χ0v) is 17.3. The van der Waals surface area contributed by atoms with Crippen LogP contribution in [0.5, 0.6) is 0 Å². The van der Waals surface area contributed by atoms with Gasteiger partial charge >= 0.3 is 0 Å². The average Bonchev–Trinajstić information content (AvgIpc) is 3.33. The first-order valence-corrected chi connectivity index (χ1v) is 11.2. The number of hydrogen-bond acceptors (Lipinski definition) is 4. The molecule has 148 valence electrons. The van der Waals surface area contributed by atoms with Gasteiger partial charge in [0, 0.05) is 10.4 Å². The van der Waals surface area contributed by atoms with Crippen LogP contribution in [0.15, 0.2) is 53.6 Å². The molecule has 0 unspecified atom stereocenters. The highest BCUT2D eigenvalue weighted by Crippen LogP contribution is 2.37. The minimum atomic E-state index is -0.0840. The summed E-state index contributed by atoms with van der Waals surface area (Å²) in [4.78, 5) is 32.8. The van der Waals surface area contributed by atoms with E-state index in [2.05, 4.69) is 23.2 Å². The smallest absolute Gasteiger partial charge is 0.262 e. The fourth-order valence-corrected chi connectivity index (χ4v) is 6.06. The second kappa shape index (κ2) is 6.74. The monoisotopic (exact) mass is 412 g/mol. The van der Waals surface area contributed by atoms with Gasteiger partial charge in [-0.2, -0.15) is 0 Å². The zero-order chi connectivity index (χ0) is 20.2. The number of ketones is 1. The van der Waals surface area contributed by atoms with Crippen molar-refractivity contribution in [3.05, 3.63) is 86.3 Å². The fraction of sp³-hybridized carbons (Fsp3) is 0.240. The number of rotatable bonds is 3. The number of hydrogen-bond donors (Lipinski definition) is 0. The Hall–Kier alpha value is -3.05. The third-order valence-electron chi connectivity index (χ3n) is 6.38. The topological polar surface area (TPSA) is 52.0 Å². The van der Waals surface area contributed by atoms with E-state index in [1.165, 1.54) is 38.9 Å². The van der Waals surface area contributed by atoms with Crippen LogP contribution in [-0.4, -0.2) is 15.3 Å². The van der Waals surface area contributed by atoms with Crippen LogP contribution in [-0.2, 0) is 25.8 Å². The SMILES string of the molecule is O=C(Cn1cnc2sc3c(c2c1=O)CCCC3)c1ccc2c(c1)-c1ccccc1C2. The van der Waals surface area contributed by atoms with Crippen LogP contribution in [0.3, 0.4) is 0 Å². The van der Waals surface area contributed by atoms with E-state index in [9.17, 15) is 9.59 Å². The molecule has 5 heteroatoms. The van der Waals surface area contributed by atoms with E-state index in [1.54, 1.807) is 11.3 Å². The molecule has 2 heterocycles. The van der Waals surface area contributed by atoms with E-state index >= 15 is 0 Å². The Morgan fingerprint density at radius 2 is 1.87 bits per heavy atom. The summed E-state index contributed by atoms with van der Waals surface area (Å²) in [7, 11) is 0. The largest absolute Gasteiger partial charge is 0.292 e. The van der Waals surface area contributed by atoms with E-state index in [0.29, 0.717) is 5.56 Å². The molecular formula is C25H20N2O2S. The number of benzene rings is 2. The van der Waals surface area contributed by atoms with Crippen LogP contribution in [0.1, 0.15) is 44.8 Å². The van der Waals surface area contributed by atoms with Crippen molar-refractivity contribution in [2.75, 3.05) is 0 Å². The number of nitrogens with zero attached hydrogens (tertiary/aromatic N) is 2. The van der Waals surface area contributed by atoms with E-state index in [0.717, 1.165) is 47.0 Å². The molecule has 4 aromatic rings. The summed E-state index contributed by atoms with van der Waals surface area (Å²) >= 11 is 1.64. The summed E-state index contributed by atoms with van der Waals surface area (Å²) in [6.07, 6.45) is 6.70. The van der Waals surface area contributed by atoms with Gasteiger partial charge in [0.05, 0.1) is 18.3 Å². The Kier molecular flexibility index (Phi) is 4.00. The second-order valence-electron chi connectivity index (χ2n) is 8.20. The van der Waals surface area contributed by atoms with Gasteiger partial charge in [-0.3, -0.25) is 14.2 Å². The molecule has 0 spiro atoms. The number of thiophene rings is 1. The summed E-state index contributed by atoms with van der Waals surface area (Å²) < 4.78 is 1.48. The van der Waals surface area contributed by atoms with Crippen molar-refractivity contribution in [2.24, 2.45) is 0 Å². The highest BCUT2D eigenvalue weighted by Gasteiger charge is 2.22. The maximum absolute atomic E-state index is 13.2. The van der Waals surface area contributed by atoms with Crippen LogP contribution in [0.4, 0.5) is 0 Å². The molecule has 0 saturated heterocycles. The average molecular weight is 413 g/mol. The van der Waals surface area contributed by atoms with E-state index in [4.69, 9.17) is 0 Å². The number of aryl methyl sites for hydroxylation is 2. The van der Waals surface area contributed by atoms with Crippen molar-refractivity contribution in [1.29, 1.82) is 0 Å². The molecule has 0 N–H and O–H groups in total. The first-order chi connectivity index (χ1) is 14.7. The number of carbonyl (C=O) groups is 1. The molecule has 0 radical (unpaired) electrons. The molecule has 2 aromatic carbocycles. The quantitative estimate of drug-likeness (QED) is 0.400. The lowest BCUT2D eigenvalue weighted by Gasteiger charge is -2.10. The van der Waals surface area contributed by atoms with Crippen LogP contribution >= 0.6 is 11.3 Å². The summed E-state index contributed by atoms with van der Waals surface area (Å²) in [5.41, 5.74) is 6.60. The third-order valence-corrected chi connectivity index (χ3v) is 7.58. The Balaban J connectivity index is 1.36. The van der Waals surface area contributed by atoms with Gasteiger partial charge < -0.3 is 0 Å². The molecule has 30 heavy (non-hydrogen) atoms. The molecule has 0 amide bonds. The first-order valence-electron chi connectivity index (χ1n) is 10.4. The Bertz CT molecular complexity index is 1400. The Morgan fingerprint density at radius 3 is 2.80 bits per heavy atom. The van der Waals surface area contributed by atoms with Crippen LogP contribution in [0, 0.1) is 0 Å². The lowest BCUT2D eigenvalue weighted by Crippen LogP contribution is -2.25. The number of fused-ring (bicyclic) bond motifs is 6. The van der Waals surface area contributed by atoms with Gasteiger partial charge in [-0.05, 0) is 66.0 Å². The number of Topliss-reactive ketones (excluding diaryl/α,β-unsaturated/α-hetero) is 1. The van der Waals surface area contributed by atoms with Crippen molar-refractivity contribution in [3.8, 4) is 11.1 Å². The van der Waals surface area contributed by atoms with Crippen molar-refractivity contribution < 1.29 is 4.79 Å². The first kappa shape index (κ1) is 17.8. The van der Waals surface area contributed by atoms with E-state index in [-0.39, 0.29) is 17.9 Å². The van der Waals surface area contributed by atoms with E-state index in [1.807, 2.05) is 24.3 Å². The maximum atomic E-state index is 13.2. The molecule has 0 fully saturated rings. The van der Waals surface area contributed by atoms with Gasteiger partial charge in [-0.1, -0.05) is 36.4 Å². The van der Waals surface area contributed by atoms with Gasteiger partial charge in [-0.25, -0.2) is 4.98 Å². The highest BCUT2D eigenvalue weighted by atomic mass is 32.1. The molecule has 0 atom stereocenters. The summed E-state index contributed by atoms with van der Waals surface area (Å²) in [5.74, 6) is -0.0606. The standard InChI is InChI=1S/C25H20N2O2S/c28-21(17-10-9-16-11-15-5-1-2-6-18(15)20(16)12-17)13-27-14-26-24-23(25(27)29)19-7-3-4-8-22(19)30-24/h1-2,5-6,9-10,12,14H,3-4,7-8,11,13H2. The predicted octanol–water partition coefficient (Wildman–Crippen LogP) is 4.79. The molecule has 0 aliphatic heterocycles. The van der Waals surface area contributed by atoms with Gasteiger partial charge in [0.25, 0.3) is 5.56 Å². The van der Waals surface area contributed by atoms with Crippen LogP contribution < -0.4 is 5.56 Å². The number of carbonyl (C=O) groups excluding carboxylic acids is 1. The molecule has 6 rings (SSSR count). The molecule has 2 aromatic heterocycles. The summed E-state index contributed by atoms with van der Waals surface area (Å²) in [6, 6.07) is 14.2. The minimum absolute atomic E-state index is 0.0207. The number of aromatic nitrogens is 2. The second-order valence-corrected chi connectivity index (χ2v) is 9.28. The molecule has 4 nitrogen and oxygen atoms in total. The maximum Gasteiger partial charge on any atom is 0.262 e. The van der Waals surface area contributed by atoms with Crippen molar-refractivity contribution in [3.63, 3.8) is 0 Å². The highest BCUT2D eigenvalue weighted by molar-refractivity contribution is 7.18. The Labute approximate surface area is 177 Å². The van der Waals surface area contributed by atoms with Crippen molar-refractivity contribution in [2.45, 2.75) is 38.6 Å². The van der Waals surface area contributed by atoms with Crippen molar-refractivity contribution in [1.82, 2.24) is 9.55 Å². The zero-order valence-electron chi connectivity index (χ0n) is 16.5. The van der Waals surface area contributed by atoms with Gasteiger partial charge in [0.15, 0.2) is 5.78 Å². The van der Waals surface area contributed by atoms with Crippen LogP contribution in [0.2, 0.25) is 0 Å². The Morgan fingerprint density at radius 1 is 1.03 bits per heavy atom. The van der Waals surface area contributed by atoms with Crippen molar-refractivity contribution >= 4 is 27.3 Å². The molecule has 2 aliphatic carbocycles. The van der Waals surface area contributed by atoms with E-state index < -0.39 is 0 Å².